The number of likely N-dealkylation sites (N-methyl/N-ethyl adjacent to an activating group) is 1. The zero-order chi connectivity index (χ0) is 22.3. The van der Waals surface area contributed by atoms with E-state index in [1.54, 1.807) is 0 Å². The molecule has 0 aromatic heterocycles. The fraction of sp³-hybridized carbons (Fsp3) is 0.652. The van der Waals surface area contributed by atoms with Gasteiger partial charge in [0.05, 0.1) is 32.5 Å². The van der Waals surface area contributed by atoms with Gasteiger partial charge in [-0.05, 0) is 23.6 Å². The van der Waals surface area contributed by atoms with Crippen LogP contribution in [0, 0.1) is 0 Å². The summed E-state index contributed by atoms with van der Waals surface area (Å²) in [5, 5.41) is 5.60. The minimum absolute atomic E-state index is 0.0141. The maximum absolute atomic E-state index is 12.5. The molecule has 0 spiro atoms. The Bertz CT molecular complexity index is 793. The minimum Gasteiger partial charge on any atom is -0.379 e. The first kappa shape index (κ1) is 23.0. The number of fused-ring (bicyclic) bond motifs is 1. The van der Waals surface area contributed by atoms with Crippen LogP contribution in [0.2, 0.25) is 0 Å². The van der Waals surface area contributed by atoms with Crippen molar-refractivity contribution in [1.82, 2.24) is 20.4 Å². The SMILES string of the molecule is CN1CCc2cc([C@H](CNC(=O)C(=O)NCCN3CCOCC3)N3CCOCC3)ccc21. The van der Waals surface area contributed by atoms with Crippen molar-refractivity contribution in [3.05, 3.63) is 29.3 Å². The zero-order valence-corrected chi connectivity index (χ0v) is 19.0. The Morgan fingerprint density at radius 1 is 0.969 bits per heavy atom. The summed E-state index contributed by atoms with van der Waals surface area (Å²) in [6.07, 6.45) is 1.04. The average molecular weight is 446 g/mol. The fourth-order valence-corrected chi connectivity index (χ4v) is 4.64. The third kappa shape index (κ3) is 5.78. The van der Waals surface area contributed by atoms with E-state index in [1.807, 2.05) is 0 Å². The highest BCUT2D eigenvalue weighted by Crippen LogP contribution is 2.31. The van der Waals surface area contributed by atoms with Gasteiger partial charge in [-0.25, -0.2) is 0 Å². The number of nitrogens with one attached hydrogen (secondary N) is 2. The van der Waals surface area contributed by atoms with E-state index >= 15 is 0 Å². The summed E-state index contributed by atoms with van der Waals surface area (Å²) >= 11 is 0. The summed E-state index contributed by atoms with van der Waals surface area (Å²) in [7, 11) is 2.11. The second kappa shape index (κ2) is 11.1. The molecule has 3 aliphatic heterocycles. The van der Waals surface area contributed by atoms with E-state index in [2.05, 4.69) is 50.6 Å². The van der Waals surface area contributed by atoms with Gasteiger partial charge in [0, 0.05) is 65.1 Å². The van der Waals surface area contributed by atoms with E-state index in [0.29, 0.717) is 26.3 Å². The van der Waals surface area contributed by atoms with Gasteiger partial charge in [0.2, 0.25) is 0 Å². The van der Waals surface area contributed by atoms with Crippen LogP contribution >= 0.6 is 0 Å². The van der Waals surface area contributed by atoms with E-state index in [4.69, 9.17) is 9.47 Å². The normalized spacial score (nSPS) is 20.6. The number of amides is 2. The van der Waals surface area contributed by atoms with Crippen molar-refractivity contribution in [3.63, 3.8) is 0 Å². The number of benzene rings is 1. The van der Waals surface area contributed by atoms with E-state index in [-0.39, 0.29) is 6.04 Å². The third-order valence-corrected chi connectivity index (χ3v) is 6.58. The molecule has 32 heavy (non-hydrogen) atoms. The lowest BCUT2D eigenvalue weighted by Crippen LogP contribution is -2.48. The highest BCUT2D eigenvalue weighted by Gasteiger charge is 2.26. The van der Waals surface area contributed by atoms with E-state index in [9.17, 15) is 9.59 Å². The molecule has 2 fully saturated rings. The van der Waals surface area contributed by atoms with Crippen LogP contribution in [0.4, 0.5) is 5.69 Å². The Labute approximate surface area is 190 Å². The van der Waals surface area contributed by atoms with Crippen LogP contribution in [0.3, 0.4) is 0 Å². The molecule has 3 heterocycles. The van der Waals surface area contributed by atoms with Gasteiger partial charge in [0.15, 0.2) is 0 Å². The molecule has 1 aromatic rings. The largest absolute Gasteiger partial charge is 0.379 e. The molecule has 0 saturated carbocycles. The molecular formula is C23H35N5O4. The summed E-state index contributed by atoms with van der Waals surface area (Å²) in [6, 6.07) is 6.59. The number of hydrogen-bond donors (Lipinski definition) is 2. The molecule has 2 amide bonds. The van der Waals surface area contributed by atoms with Crippen molar-refractivity contribution in [1.29, 1.82) is 0 Å². The van der Waals surface area contributed by atoms with Crippen molar-refractivity contribution in [2.45, 2.75) is 12.5 Å². The molecule has 9 nitrogen and oxygen atoms in total. The smallest absolute Gasteiger partial charge is 0.309 e. The predicted octanol–water partition coefficient (Wildman–Crippen LogP) is -0.383. The Balaban J connectivity index is 1.32. The molecule has 0 aliphatic carbocycles. The van der Waals surface area contributed by atoms with Gasteiger partial charge in [0.1, 0.15) is 0 Å². The highest BCUT2D eigenvalue weighted by molar-refractivity contribution is 6.35. The standard InChI is InChI=1S/C23H35N5O4/c1-26-6-4-19-16-18(2-3-20(19)26)21(28-10-14-32-15-11-28)17-25-23(30)22(29)24-5-7-27-8-12-31-13-9-27/h2-3,16,21H,4-15,17H2,1H3,(H,24,29)(H,25,30)/t21-/m0/s1. The first-order valence-corrected chi connectivity index (χ1v) is 11.6. The van der Waals surface area contributed by atoms with E-state index in [0.717, 1.165) is 58.9 Å². The number of nitrogens with zero attached hydrogens (tertiary/aromatic N) is 3. The lowest BCUT2D eigenvalue weighted by atomic mass is 10.0. The van der Waals surface area contributed by atoms with Crippen molar-refractivity contribution in [3.8, 4) is 0 Å². The second-order valence-electron chi connectivity index (χ2n) is 8.64. The summed E-state index contributed by atoms with van der Waals surface area (Å²) in [6.45, 7) is 8.74. The predicted molar refractivity (Wildman–Crippen MR) is 122 cm³/mol. The zero-order valence-electron chi connectivity index (χ0n) is 19.0. The fourth-order valence-electron chi connectivity index (χ4n) is 4.64. The van der Waals surface area contributed by atoms with Gasteiger partial charge in [-0.3, -0.25) is 19.4 Å². The highest BCUT2D eigenvalue weighted by atomic mass is 16.5. The Morgan fingerprint density at radius 3 is 2.41 bits per heavy atom. The molecule has 0 unspecified atom stereocenters. The first-order chi connectivity index (χ1) is 15.6. The monoisotopic (exact) mass is 445 g/mol. The van der Waals surface area contributed by atoms with Crippen molar-refractivity contribution >= 4 is 17.5 Å². The number of rotatable bonds is 7. The number of anilines is 1. The van der Waals surface area contributed by atoms with E-state index in [1.165, 1.54) is 16.8 Å². The van der Waals surface area contributed by atoms with Crippen LogP contribution < -0.4 is 15.5 Å². The number of hydrogen-bond acceptors (Lipinski definition) is 7. The number of carbonyl (C=O) groups is 2. The van der Waals surface area contributed by atoms with Crippen LogP contribution in [-0.2, 0) is 25.5 Å². The lowest BCUT2D eigenvalue weighted by Gasteiger charge is -2.35. The topological polar surface area (TPSA) is 86.4 Å². The Morgan fingerprint density at radius 2 is 1.66 bits per heavy atom. The average Bonchev–Trinajstić information content (AvgIpc) is 3.20. The van der Waals surface area contributed by atoms with Crippen molar-refractivity contribution in [2.24, 2.45) is 0 Å². The van der Waals surface area contributed by atoms with Crippen molar-refractivity contribution < 1.29 is 19.1 Å². The maximum Gasteiger partial charge on any atom is 0.309 e. The molecule has 4 rings (SSSR count). The van der Waals surface area contributed by atoms with E-state index < -0.39 is 11.8 Å². The van der Waals surface area contributed by atoms with Gasteiger partial charge in [0.25, 0.3) is 0 Å². The van der Waals surface area contributed by atoms with Gasteiger partial charge in [-0.15, -0.1) is 0 Å². The minimum atomic E-state index is -0.578. The van der Waals surface area contributed by atoms with Crippen LogP contribution in [0.5, 0.6) is 0 Å². The molecule has 0 radical (unpaired) electrons. The molecule has 9 heteroatoms. The van der Waals surface area contributed by atoms with Gasteiger partial charge < -0.3 is 25.0 Å². The van der Waals surface area contributed by atoms with Crippen LogP contribution in [0.1, 0.15) is 17.2 Å². The molecule has 3 aliphatic rings. The van der Waals surface area contributed by atoms with Gasteiger partial charge >= 0.3 is 11.8 Å². The van der Waals surface area contributed by atoms with Gasteiger partial charge in [-0.1, -0.05) is 12.1 Å². The quantitative estimate of drug-likeness (QED) is 0.553. The molecular weight excluding hydrogens is 410 g/mol. The molecule has 176 valence electrons. The summed E-state index contributed by atoms with van der Waals surface area (Å²) in [5.74, 6) is -1.15. The number of ether oxygens (including phenoxy) is 2. The summed E-state index contributed by atoms with van der Waals surface area (Å²) in [5.41, 5.74) is 3.79. The molecule has 0 bridgehead atoms. The maximum atomic E-state index is 12.5. The van der Waals surface area contributed by atoms with Gasteiger partial charge in [-0.2, -0.15) is 0 Å². The lowest BCUT2D eigenvalue weighted by molar-refractivity contribution is -0.139. The van der Waals surface area contributed by atoms with Crippen LogP contribution in [0.25, 0.3) is 0 Å². The van der Waals surface area contributed by atoms with Crippen LogP contribution in [0.15, 0.2) is 18.2 Å². The molecule has 2 saturated heterocycles. The Kier molecular flexibility index (Phi) is 7.96. The molecule has 1 atom stereocenters. The molecule has 1 aromatic carbocycles. The Hall–Kier alpha value is -2.20. The van der Waals surface area contributed by atoms with Crippen molar-refractivity contribution in [2.75, 3.05) is 90.7 Å². The second-order valence-corrected chi connectivity index (χ2v) is 8.64. The number of morpholine rings is 2. The third-order valence-electron chi connectivity index (χ3n) is 6.58. The summed E-state index contributed by atoms with van der Waals surface area (Å²) in [4.78, 5) is 31.6. The first-order valence-electron chi connectivity index (χ1n) is 11.6. The molecule has 2 N–H and O–H groups in total. The number of carbonyl (C=O) groups excluding carboxylic acids is 2. The van der Waals surface area contributed by atoms with Crippen LogP contribution in [-0.4, -0.2) is 107 Å². The summed E-state index contributed by atoms with van der Waals surface area (Å²) < 4.78 is 10.8.